The number of carbonyl (C=O) groups is 1. The first kappa shape index (κ1) is 19.5. The molecule has 0 aliphatic carbocycles. The number of aryl methyl sites for hydroxylation is 1. The molecule has 7 heteroatoms. The molecular formula is C21H24N4O3. The molecule has 0 fully saturated rings. The van der Waals surface area contributed by atoms with Gasteiger partial charge < -0.3 is 4.90 Å². The van der Waals surface area contributed by atoms with Gasteiger partial charge in [-0.1, -0.05) is 29.8 Å². The average Bonchev–Trinajstić information content (AvgIpc) is 2.71. The van der Waals surface area contributed by atoms with Crippen LogP contribution in [0.1, 0.15) is 25.0 Å². The zero-order chi connectivity index (χ0) is 20.3. The van der Waals surface area contributed by atoms with E-state index in [9.17, 15) is 14.4 Å². The highest BCUT2D eigenvalue weighted by Gasteiger charge is 2.18. The zero-order valence-electron chi connectivity index (χ0n) is 16.4. The summed E-state index contributed by atoms with van der Waals surface area (Å²) >= 11 is 0. The van der Waals surface area contributed by atoms with Crippen molar-refractivity contribution in [2.75, 3.05) is 13.1 Å². The van der Waals surface area contributed by atoms with E-state index in [1.807, 2.05) is 45.0 Å². The van der Waals surface area contributed by atoms with Crippen LogP contribution in [-0.4, -0.2) is 38.0 Å². The van der Waals surface area contributed by atoms with Gasteiger partial charge in [-0.05, 0) is 38.5 Å². The van der Waals surface area contributed by atoms with Crippen LogP contribution >= 0.6 is 0 Å². The van der Waals surface area contributed by atoms with Gasteiger partial charge in [-0.15, -0.1) is 0 Å². The Labute approximate surface area is 162 Å². The number of carbonyl (C=O) groups excluding carboxylic acids is 1. The lowest BCUT2D eigenvalue weighted by Gasteiger charge is -2.20. The van der Waals surface area contributed by atoms with Crippen LogP contribution in [0, 0.1) is 6.92 Å². The normalized spacial score (nSPS) is 11.0. The van der Waals surface area contributed by atoms with E-state index in [1.54, 1.807) is 17.0 Å². The molecule has 2 heterocycles. The summed E-state index contributed by atoms with van der Waals surface area (Å²) < 4.78 is 2.49. The number of amides is 1. The predicted octanol–water partition coefficient (Wildman–Crippen LogP) is 1.78. The molecule has 0 unspecified atom stereocenters. The average molecular weight is 380 g/mol. The van der Waals surface area contributed by atoms with Crippen molar-refractivity contribution in [3.63, 3.8) is 0 Å². The number of nitrogens with zero attached hydrogens (tertiary/aromatic N) is 4. The van der Waals surface area contributed by atoms with Crippen molar-refractivity contribution in [3.05, 3.63) is 74.6 Å². The Bertz CT molecular complexity index is 1110. The molecule has 1 aromatic carbocycles. The van der Waals surface area contributed by atoms with E-state index in [2.05, 4.69) is 4.98 Å². The molecule has 0 atom stereocenters. The van der Waals surface area contributed by atoms with Crippen molar-refractivity contribution in [2.24, 2.45) is 0 Å². The minimum absolute atomic E-state index is 0.128. The first-order valence-electron chi connectivity index (χ1n) is 9.38. The van der Waals surface area contributed by atoms with Gasteiger partial charge in [0.1, 0.15) is 6.54 Å². The minimum atomic E-state index is -0.508. The van der Waals surface area contributed by atoms with Gasteiger partial charge in [0.2, 0.25) is 5.91 Å². The van der Waals surface area contributed by atoms with Crippen molar-refractivity contribution in [1.82, 2.24) is 19.0 Å². The molecule has 0 saturated carbocycles. The fourth-order valence-corrected chi connectivity index (χ4v) is 3.22. The standard InChI is InChI=1S/C21H24N4O3/c1-4-23(5-2)18(26)14-24-17-7-6-12-22-19(17)20(27)25(21(24)28)13-16-10-8-15(3)9-11-16/h6-12H,4-5,13-14H2,1-3H3. The number of hydrogen-bond donors (Lipinski definition) is 0. The van der Waals surface area contributed by atoms with Crippen molar-refractivity contribution in [2.45, 2.75) is 33.9 Å². The van der Waals surface area contributed by atoms with E-state index in [0.717, 1.165) is 15.7 Å². The summed E-state index contributed by atoms with van der Waals surface area (Å²) in [7, 11) is 0. The quantitative estimate of drug-likeness (QED) is 0.653. The highest BCUT2D eigenvalue weighted by Crippen LogP contribution is 2.08. The number of hydrogen-bond acceptors (Lipinski definition) is 4. The smallest absolute Gasteiger partial charge is 0.332 e. The predicted molar refractivity (Wildman–Crippen MR) is 108 cm³/mol. The van der Waals surface area contributed by atoms with E-state index in [-0.39, 0.29) is 24.5 Å². The third kappa shape index (κ3) is 3.74. The second kappa shape index (κ2) is 8.21. The highest BCUT2D eigenvalue weighted by molar-refractivity contribution is 5.79. The fourth-order valence-electron chi connectivity index (χ4n) is 3.22. The Balaban J connectivity index is 2.14. The van der Waals surface area contributed by atoms with Crippen LogP contribution in [0.25, 0.3) is 11.0 Å². The first-order valence-corrected chi connectivity index (χ1v) is 9.38. The van der Waals surface area contributed by atoms with Gasteiger partial charge in [0, 0.05) is 19.3 Å². The summed E-state index contributed by atoms with van der Waals surface area (Å²) in [6, 6.07) is 10.9. The molecular weight excluding hydrogens is 356 g/mol. The second-order valence-corrected chi connectivity index (χ2v) is 6.68. The summed E-state index contributed by atoms with van der Waals surface area (Å²) in [5, 5.41) is 0. The van der Waals surface area contributed by atoms with Crippen LogP contribution in [0.2, 0.25) is 0 Å². The number of rotatable bonds is 6. The SMILES string of the molecule is CCN(CC)C(=O)Cn1c(=O)n(Cc2ccc(C)cc2)c(=O)c2ncccc21. The topological polar surface area (TPSA) is 77.2 Å². The first-order chi connectivity index (χ1) is 13.5. The summed E-state index contributed by atoms with van der Waals surface area (Å²) in [5.41, 5.74) is 1.53. The van der Waals surface area contributed by atoms with Crippen LogP contribution in [0.5, 0.6) is 0 Å². The van der Waals surface area contributed by atoms with Crippen LogP contribution in [0.4, 0.5) is 0 Å². The second-order valence-electron chi connectivity index (χ2n) is 6.68. The van der Waals surface area contributed by atoms with Crippen LogP contribution in [0.15, 0.2) is 52.2 Å². The summed E-state index contributed by atoms with van der Waals surface area (Å²) in [6.45, 7) is 6.87. The summed E-state index contributed by atoms with van der Waals surface area (Å²) in [5.74, 6) is -0.169. The minimum Gasteiger partial charge on any atom is -0.342 e. The Hall–Kier alpha value is -3.22. The molecule has 28 heavy (non-hydrogen) atoms. The molecule has 7 nitrogen and oxygen atoms in total. The molecule has 0 aliphatic heterocycles. The van der Waals surface area contributed by atoms with Gasteiger partial charge in [-0.3, -0.25) is 18.7 Å². The van der Waals surface area contributed by atoms with Gasteiger partial charge >= 0.3 is 5.69 Å². The third-order valence-electron chi connectivity index (χ3n) is 4.86. The molecule has 146 valence electrons. The lowest BCUT2D eigenvalue weighted by Crippen LogP contribution is -2.43. The summed E-state index contributed by atoms with van der Waals surface area (Å²) in [4.78, 5) is 44.5. The lowest BCUT2D eigenvalue weighted by molar-refractivity contribution is -0.131. The Morgan fingerprint density at radius 3 is 2.36 bits per heavy atom. The van der Waals surface area contributed by atoms with Crippen molar-refractivity contribution in [1.29, 1.82) is 0 Å². The lowest BCUT2D eigenvalue weighted by atomic mass is 10.1. The van der Waals surface area contributed by atoms with Gasteiger partial charge in [0.25, 0.3) is 5.56 Å². The molecule has 0 radical (unpaired) electrons. The van der Waals surface area contributed by atoms with E-state index in [0.29, 0.717) is 18.6 Å². The van der Waals surface area contributed by atoms with Crippen molar-refractivity contribution < 1.29 is 4.79 Å². The maximum Gasteiger partial charge on any atom is 0.332 e. The molecule has 0 N–H and O–H groups in total. The molecule has 0 bridgehead atoms. The molecule has 3 aromatic rings. The van der Waals surface area contributed by atoms with E-state index >= 15 is 0 Å². The van der Waals surface area contributed by atoms with Crippen LogP contribution in [0.3, 0.4) is 0 Å². The Morgan fingerprint density at radius 1 is 1.04 bits per heavy atom. The molecule has 0 aliphatic rings. The molecule has 1 amide bonds. The number of pyridine rings is 1. The van der Waals surface area contributed by atoms with E-state index in [4.69, 9.17) is 0 Å². The number of likely N-dealkylation sites (N-methyl/N-ethyl adjacent to an activating group) is 1. The largest absolute Gasteiger partial charge is 0.342 e. The van der Waals surface area contributed by atoms with Crippen molar-refractivity contribution in [3.8, 4) is 0 Å². The fraction of sp³-hybridized carbons (Fsp3) is 0.333. The van der Waals surface area contributed by atoms with Crippen molar-refractivity contribution >= 4 is 16.9 Å². The van der Waals surface area contributed by atoms with Gasteiger partial charge in [-0.25, -0.2) is 9.78 Å². The summed E-state index contributed by atoms with van der Waals surface area (Å²) in [6.07, 6.45) is 1.51. The van der Waals surface area contributed by atoms with Crippen LogP contribution < -0.4 is 11.2 Å². The molecule has 2 aromatic heterocycles. The maximum absolute atomic E-state index is 13.1. The number of benzene rings is 1. The van der Waals surface area contributed by atoms with E-state index in [1.165, 1.54) is 10.8 Å². The monoisotopic (exact) mass is 380 g/mol. The maximum atomic E-state index is 13.1. The Morgan fingerprint density at radius 2 is 1.71 bits per heavy atom. The molecule has 0 saturated heterocycles. The Kier molecular flexibility index (Phi) is 5.73. The highest BCUT2D eigenvalue weighted by atomic mass is 16.2. The van der Waals surface area contributed by atoms with Gasteiger partial charge in [0.15, 0.2) is 5.52 Å². The third-order valence-corrected chi connectivity index (χ3v) is 4.86. The van der Waals surface area contributed by atoms with E-state index < -0.39 is 11.2 Å². The van der Waals surface area contributed by atoms with Gasteiger partial charge in [-0.2, -0.15) is 0 Å². The van der Waals surface area contributed by atoms with Gasteiger partial charge in [0.05, 0.1) is 12.1 Å². The number of fused-ring (bicyclic) bond motifs is 1. The zero-order valence-corrected chi connectivity index (χ0v) is 16.4. The van der Waals surface area contributed by atoms with Crippen LogP contribution in [-0.2, 0) is 17.9 Å². The molecule has 0 spiro atoms. The number of aromatic nitrogens is 3. The molecule has 3 rings (SSSR count).